The van der Waals surface area contributed by atoms with Crippen LogP contribution >= 0.6 is 0 Å². The summed E-state index contributed by atoms with van der Waals surface area (Å²) >= 11 is 0. The van der Waals surface area contributed by atoms with Crippen LogP contribution in [0.2, 0.25) is 0 Å². The van der Waals surface area contributed by atoms with Crippen molar-refractivity contribution < 1.29 is 0 Å². The molecule has 3 heteroatoms. The molecule has 3 nitrogen and oxygen atoms in total. The number of para-hydroxylation sites is 1. The zero-order valence-electron chi connectivity index (χ0n) is 13.1. The van der Waals surface area contributed by atoms with Crippen molar-refractivity contribution in [1.29, 1.82) is 0 Å². The zero-order valence-corrected chi connectivity index (χ0v) is 13.1. The van der Waals surface area contributed by atoms with Crippen LogP contribution in [0.4, 0.5) is 0 Å². The number of fused-ring (bicyclic) bond motifs is 1. The van der Waals surface area contributed by atoms with Crippen molar-refractivity contribution in [3.8, 4) is 0 Å². The van der Waals surface area contributed by atoms with Gasteiger partial charge in [-0.25, -0.2) is 0 Å². The van der Waals surface area contributed by atoms with Gasteiger partial charge < -0.3 is 4.90 Å². The standard InChI is InChI=1S/C19H21N3/c1-21(2)14-15-22-19-11-7-6-10-17(19)18(20-22)13-12-16-8-4-3-5-9-16/h3-13H,14-15H2,1-2H3/b13-12+. The Bertz CT molecular complexity index is 770. The maximum absolute atomic E-state index is 4.78. The number of rotatable bonds is 5. The van der Waals surface area contributed by atoms with E-state index in [1.807, 2.05) is 18.2 Å². The Labute approximate surface area is 131 Å². The van der Waals surface area contributed by atoms with Crippen molar-refractivity contribution in [1.82, 2.24) is 14.7 Å². The summed E-state index contributed by atoms with van der Waals surface area (Å²) in [6, 6.07) is 18.7. The van der Waals surface area contributed by atoms with Crippen LogP contribution < -0.4 is 0 Å². The molecule has 3 rings (SSSR count). The van der Waals surface area contributed by atoms with Crippen molar-refractivity contribution in [3.63, 3.8) is 0 Å². The fourth-order valence-electron chi connectivity index (χ4n) is 2.48. The van der Waals surface area contributed by atoms with Crippen LogP contribution in [0.1, 0.15) is 11.3 Å². The third kappa shape index (κ3) is 3.26. The van der Waals surface area contributed by atoms with Gasteiger partial charge in [-0.1, -0.05) is 54.6 Å². The van der Waals surface area contributed by atoms with Gasteiger partial charge in [0.1, 0.15) is 0 Å². The molecule has 0 spiro atoms. The van der Waals surface area contributed by atoms with Crippen molar-refractivity contribution >= 4 is 23.1 Å². The molecule has 0 radical (unpaired) electrons. The highest BCUT2D eigenvalue weighted by Gasteiger charge is 2.07. The van der Waals surface area contributed by atoms with Crippen molar-refractivity contribution in [2.45, 2.75) is 6.54 Å². The maximum atomic E-state index is 4.78. The van der Waals surface area contributed by atoms with Gasteiger partial charge in [0.2, 0.25) is 0 Å². The second-order valence-corrected chi connectivity index (χ2v) is 5.67. The number of nitrogens with zero attached hydrogens (tertiary/aromatic N) is 3. The lowest BCUT2D eigenvalue weighted by atomic mass is 10.1. The van der Waals surface area contributed by atoms with Crippen LogP contribution in [0.25, 0.3) is 23.1 Å². The Balaban J connectivity index is 1.94. The minimum absolute atomic E-state index is 0.896. The summed E-state index contributed by atoms with van der Waals surface area (Å²) in [6.07, 6.45) is 4.22. The molecular weight excluding hydrogens is 270 g/mol. The van der Waals surface area contributed by atoms with Crippen LogP contribution in [0.3, 0.4) is 0 Å². The first kappa shape index (κ1) is 14.5. The zero-order chi connectivity index (χ0) is 15.4. The first-order chi connectivity index (χ1) is 10.7. The quantitative estimate of drug-likeness (QED) is 0.713. The van der Waals surface area contributed by atoms with E-state index in [2.05, 4.69) is 72.2 Å². The average molecular weight is 291 g/mol. The van der Waals surface area contributed by atoms with Crippen LogP contribution in [0.15, 0.2) is 54.6 Å². The Morgan fingerprint density at radius 3 is 2.45 bits per heavy atom. The molecule has 0 N–H and O–H groups in total. The van der Waals surface area contributed by atoms with Crippen LogP contribution in [-0.2, 0) is 6.54 Å². The van der Waals surface area contributed by atoms with Crippen LogP contribution in [-0.4, -0.2) is 35.3 Å². The Kier molecular flexibility index (Phi) is 4.35. The van der Waals surface area contributed by atoms with Gasteiger partial charge in [0, 0.05) is 11.9 Å². The van der Waals surface area contributed by atoms with Gasteiger partial charge in [0.25, 0.3) is 0 Å². The van der Waals surface area contributed by atoms with E-state index in [0.717, 1.165) is 18.8 Å². The molecule has 0 aliphatic heterocycles. The Hall–Kier alpha value is -2.39. The van der Waals surface area contributed by atoms with E-state index in [9.17, 15) is 0 Å². The first-order valence-corrected chi connectivity index (χ1v) is 7.57. The summed E-state index contributed by atoms with van der Waals surface area (Å²) in [7, 11) is 4.17. The molecule has 22 heavy (non-hydrogen) atoms. The molecule has 0 fully saturated rings. The predicted octanol–water partition coefficient (Wildman–Crippen LogP) is 3.77. The van der Waals surface area contributed by atoms with Gasteiger partial charge in [-0.15, -0.1) is 0 Å². The van der Waals surface area contributed by atoms with Crippen LogP contribution in [0, 0.1) is 0 Å². The molecule has 0 aliphatic carbocycles. The Morgan fingerprint density at radius 2 is 1.68 bits per heavy atom. The Morgan fingerprint density at radius 1 is 0.955 bits per heavy atom. The largest absolute Gasteiger partial charge is 0.308 e. The second kappa shape index (κ2) is 6.58. The molecule has 3 aromatic rings. The number of benzene rings is 2. The smallest absolute Gasteiger partial charge is 0.0929 e. The molecule has 0 atom stereocenters. The molecule has 2 aromatic carbocycles. The third-order valence-corrected chi connectivity index (χ3v) is 3.68. The van der Waals surface area contributed by atoms with Gasteiger partial charge in [0.15, 0.2) is 0 Å². The molecule has 0 amide bonds. The summed E-state index contributed by atoms with van der Waals surface area (Å²) in [5, 5.41) is 5.98. The highest BCUT2D eigenvalue weighted by molar-refractivity contribution is 5.89. The number of aromatic nitrogens is 2. The molecular formula is C19H21N3. The van der Waals surface area contributed by atoms with Crippen LogP contribution in [0.5, 0.6) is 0 Å². The summed E-state index contributed by atoms with van der Waals surface area (Å²) in [5.41, 5.74) is 3.41. The van der Waals surface area contributed by atoms with Gasteiger partial charge in [-0.3, -0.25) is 4.68 Å². The highest BCUT2D eigenvalue weighted by atomic mass is 15.3. The fraction of sp³-hybridized carbons (Fsp3) is 0.211. The van der Waals surface area contributed by atoms with E-state index >= 15 is 0 Å². The van der Waals surface area contributed by atoms with Gasteiger partial charge >= 0.3 is 0 Å². The lowest BCUT2D eigenvalue weighted by Crippen LogP contribution is -2.18. The maximum Gasteiger partial charge on any atom is 0.0929 e. The molecule has 0 unspecified atom stereocenters. The summed E-state index contributed by atoms with van der Waals surface area (Å²) in [4.78, 5) is 2.18. The van der Waals surface area contributed by atoms with Crippen molar-refractivity contribution in [3.05, 3.63) is 65.9 Å². The molecule has 112 valence electrons. The second-order valence-electron chi connectivity index (χ2n) is 5.67. The fourth-order valence-corrected chi connectivity index (χ4v) is 2.48. The van der Waals surface area contributed by atoms with E-state index in [1.54, 1.807) is 0 Å². The monoisotopic (exact) mass is 291 g/mol. The van der Waals surface area contributed by atoms with Crippen molar-refractivity contribution in [2.24, 2.45) is 0 Å². The lowest BCUT2D eigenvalue weighted by molar-refractivity contribution is 0.376. The summed E-state index contributed by atoms with van der Waals surface area (Å²) < 4.78 is 2.10. The third-order valence-electron chi connectivity index (χ3n) is 3.68. The van der Waals surface area contributed by atoms with E-state index in [4.69, 9.17) is 5.10 Å². The van der Waals surface area contributed by atoms with E-state index in [0.29, 0.717) is 0 Å². The molecule has 0 saturated carbocycles. The summed E-state index contributed by atoms with van der Waals surface area (Å²) in [5.74, 6) is 0. The first-order valence-electron chi connectivity index (χ1n) is 7.57. The van der Waals surface area contributed by atoms with Gasteiger partial charge in [-0.2, -0.15) is 5.10 Å². The topological polar surface area (TPSA) is 21.1 Å². The summed E-state index contributed by atoms with van der Waals surface area (Å²) in [6.45, 7) is 1.88. The predicted molar refractivity (Wildman–Crippen MR) is 93.7 cm³/mol. The van der Waals surface area contributed by atoms with Gasteiger partial charge in [-0.05, 0) is 31.8 Å². The minimum atomic E-state index is 0.896. The van der Waals surface area contributed by atoms with Crippen molar-refractivity contribution in [2.75, 3.05) is 20.6 Å². The van der Waals surface area contributed by atoms with E-state index in [-0.39, 0.29) is 0 Å². The highest BCUT2D eigenvalue weighted by Crippen LogP contribution is 2.20. The number of hydrogen-bond acceptors (Lipinski definition) is 2. The molecule has 0 aliphatic rings. The average Bonchev–Trinajstić information content (AvgIpc) is 2.90. The molecule has 0 bridgehead atoms. The molecule has 0 saturated heterocycles. The molecule has 1 aromatic heterocycles. The number of hydrogen-bond donors (Lipinski definition) is 0. The molecule has 1 heterocycles. The van der Waals surface area contributed by atoms with E-state index in [1.165, 1.54) is 16.5 Å². The number of likely N-dealkylation sites (N-methyl/N-ethyl adjacent to an activating group) is 1. The van der Waals surface area contributed by atoms with Gasteiger partial charge in [0.05, 0.1) is 17.8 Å². The van der Waals surface area contributed by atoms with E-state index < -0.39 is 0 Å². The lowest BCUT2D eigenvalue weighted by Gasteiger charge is -2.09. The SMILES string of the molecule is CN(C)CCn1nc(/C=C/c2ccccc2)c2ccccc21. The normalized spacial score (nSPS) is 11.8. The minimum Gasteiger partial charge on any atom is -0.308 e.